The molecule has 1 N–H and O–H groups in total. The van der Waals surface area contributed by atoms with Gasteiger partial charge in [-0.1, -0.05) is 0 Å². The minimum atomic E-state index is -0.310. The SMILES string of the molecule is O=C(CCl)OCC1CCNCC1. The monoisotopic (exact) mass is 191 g/mol. The van der Waals surface area contributed by atoms with E-state index in [1.165, 1.54) is 0 Å². The largest absolute Gasteiger partial charge is 0.465 e. The summed E-state index contributed by atoms with van der Waals surface area (Å²) in [6.45, 7) is 2.60. The lowest BCUT2D eigenvalue weighted by Gasteiger charge is -2.21. The molecular weight excluding hydrogens is 178 g/mol. The van der Waals surface area contributed by atoms with Gasteiger partial charge in [0.15, 0.2) is 0 Å². The van der Waals surface area contributed by atoms with Gasteiger partial charge in [0.2, 0.25) is 0 Å². The van der Waals surface area contributed by atoms with Crippen LogP contribution < -0.4 is 5.32 Å². The van der Waals surface area contributed by atoms with Gasteiger partial charge in [0.25, 0.3) is 0 Å². The second-order valence-corrected chi connectivity index (χ2v) is 3.28. The zero-order valence-corrected chi connectivity index (χ0v) is 7.77. The van der Waals surface area contributed by atoms with Crippen molar-refractivity contribution in [2.45, 2.75) is 12.8 Å². The summed E-state index contributed by atoms with van der Waals surface area (Å²) in [5, 5.41) is 3.25. The van der Waals surface area contributed by atoms with E-state index >= 15 is 0 Å². The average Bonchev–Trinajstić information content (AvgIpc) is 2.16. The third kappa shape index (κ3) is 3.41. The fourth-order valence-corrected chi connectivity index (χ4v) is 1.37. The fraction of sp³-hybridized carbons (Fsp3) is 0.875. The van der Waals surface area contributed by atoms with Gasteiger partial charge in [-0.2, -0.15) is 0 Å². The van der Waals surface area contributed by atoms with Crippen LogP contribution >= 0.6 is 11.6 Å². The Bertz CT molecular complexity index is 146. The summed E-state index contributed by atoms with van der Waals surface area (Å²) in [5.74, 6) is 0.180. The summed E-state index contributed by atoms with van der Waals surface area (Å²) in [6.07, 6.45) is 2.19. The van der Waals surface area contributed by atoms with Gasteiger partial charge in [-0.3, -0.25) is 4.79 Å². The molecule has 1 aliphatic heterocycles. The van der Waals surface area contributed by atoms with E-state index in [-0.39, 0.29) is 11.8 Å². The number of hydrogen-bond acceptors (Lipinski definition) is 3. The molecule has 1 fully saturated rings. The molecule has 1 rings (SSSR count). The number of carbonyl (C=O) groups excluding carboxylic acids is 1. The molecule has 0 radical (unpaired) electrons. The number of esters is 1. The van der Waals surface area contributed by atoms with Crippen LogP contribution in [0.15, 0.2) is 0 Å². The van der Waals surface area contributed by atoms with Crippen molar-refractivity contribution in [1.82, 2.24) is 5.32 Å². The Morgan fingerprint density at radius 2 is 2.17 bits per heavy atom. The molecular formula is C8H14ClNO2. The van der Waals surface area contributed by atoms with E-state index in [2.05, 4.69) is 5.32 Å². The van der Waals surface area contributed by atoms with Crippen LogP contribution in [0.4, 0.5) is 0 Å². The predicted molar refractivity (Wildman–Crippen MR) is 47.3 cm³/mol. The van der Waals surface area contributed by atoms with Gasteiger partial charge in [0.05, 0.1) is 6.61 Å². The first-order valence-corrected chi connectivity index (χ1v) is 4.78. The van der Waals surface area contributed by atoms with Crippen molar-refractivity contribution in [1.29, 1.82) is 0 Å². The minimum absolute atomic E-state index is 0.0367. The van der Waals surface area contributed by atoms with Crippen molar-refractivity contribution in [2.75, 3.05) is 25.6 Å². The number of halogens is 1. The predicted octanol–water partition coefficient (Wildman–Crippen LogP) is 0.768. The summed E-state index contributed by atoms with van der Waals surface area (Å²) in [6, 6.07) is 0. The highest BCUT2D eigenvalue weighted by Gasteiger charge is 2.14. The summed E-state index contributed by atoms with van der Waals surface area (Å²) in [7, 11) is 0. The second-order valence-electron chi connectivity index (χ2n) is 3.01. The van der Waals surface area contributed by atoms with Crippen molar-refractivity contribution >= 4 is 17.6 Å². The lowest BCUT2D eigenvalue weighted by molar-refractivity contribution is -0.142. The number of piperidine rings is 1. The molecule has 0 aromatic heterocycles. The quantitative estimate of drug-likeness (QED) is 0.529. The lowest BCUT2D eigenvalue weighted by atomic mass is 9.99. The Kier molecular flexibility index (Phi) is 4.40. The van der Waals surface area contributed by atoms with Crippen molar-refractivity contribution in [3.05, 3.63) is 0 Å². The van der Waals surface area contributed by atoms with Crippen molar-refractivity contribution in [3.8, 4) is 0 Å². The standard InChI is InChI=1S/C8H14ClNO2/c9-5-8(11)12-6-7-1-3-10-4-2-7/h7,10H,1-6H2. The van der Waals surface area contributed by atoms with Crippen LogP contribution in [-0.4, -0.2) is 31.5 Å². The Hall–Kier alpha value is -0.280. The number of alkyl halides is 1. The Morgan fingerprint density at radius 3 is 2.75 bits per heavy atom. The fourth-order valence-electron chi connectivity index (χ4n) is 1.30. The highest BCUT2D eigenvalue weighted by Crippen LogP contribution is 2.11. The molecule has 0 amide bonds. The first-order chi connectivity index (χ1) is 5.83. The maximum Gasteiger partial charge on any atom is 0.320 e. The molecule has 12 heavy (non-hydrogen) atoms. The van der Waals surface area contributed by atoms with Gasteiger partial charge in [-0.15, -0.1) is 11.6 Å². The number of hydrogen-bond donors (Lipinski definition) is 1. The normalized spacial score (nSPS) is 19.1. The van der Waals surface area contributed by atoms with Crippen molar-refractivity contribution < 1.29 is 9.53 Å². The Labute approximate surface area is 77.4 Å². The minimum Gasteiger partial charge on any atom is -0.465 e. The lowest BCUT2D eigenvalue weighted by Crippen LogP contribution is -2.30. The van der Waals surface area contributed by atoms with Crippen LogP contribution in [0.2, 0.25) is 0 Å². The molecule has 0 atom stereocenters. The molecule has 1 saturated heterocycles. The second kappa shape index (κ2) is 5.38. The van der Waals surface area contributed by atoms with Crippen LogP contribution in [0.1, 0.15) is 12.8 Å². The van der Waals surface area contributed by atoms with Crippen LogP contribution in [0.3, 0.4) is 0 Å². The maximum atomic E-state index is 10.7. The molecule has 0 aliphatic carbocycles. The van der Waals surface area contributed by atoms with Crippen LogP contribution in [0.25, 0.3) is 0 Å². The van der Waals surface area contributed by atoms with Gasteiger partial charge in [0.1, 0.15) is 5.88 Å². The van der Waals surface area contributed by atoms with Crippen LogP contribution in [0.5, 0.6) is 0 Å². The zero-order chi connectivity index (χ0) is 8.81. The Balaban J connectivity index is 2.09. The van der Waals surface area contributed by atoms with E-state index in [0.29, 0.717) is 12.5 Å². The van der Waals surface area contributed by atoms with Crippen molar-refractivity contribution in [2.24, 2.45) is 5.92 Å². The molecule has 1 aliphatic rings. The molecule has 70 valence electrons. The van der Waals surface area contributed by atoms with E-state index in [1.54, 1.807) is 0 Å². The molecule has 0 saturated carbocycles. The van der Waals surface area contributed by atoms with Gasteiger partial charge >= 0.3 is 5.97 Å². The highest BCUT2D eigenvalue weighted by atomic mass is 35.5. The molecule has 3 nitrogen and oxygen atoms in total. The molecule has 0 unspecified atom stereocenters. The van der Waals surface area contributed by atoms with Gasteiger partial charge in [-0.05, 0) is 31.8 Å². The third-order valence-corrected chi connectivity index (χ3v) is 2.27. The first-order valence-electron chi connectivity index (χ1n) is 4.25. The van der Waals surface area contributed by atoms with E-state index in [4.69, 9.17) is 16.3 Å². The summed E-state index contributed by atoms with van der Waals surface area (Å²) < 4.78 is 4.93. The van der Waals surface area contributed by atoms with Crippen LogP contribution in [0, 0.1) is 5.92 Å². The van der Waals surface area contributed by atoms with E-state index in [0.717, 1.165) is 25.9 Å². The van der Waals surface area contributed by atoms with E-state index in [9.17, 15) is 4.79 Å². The zero-order valence-electron chi connectivity index (χ0n) is 7.01. The van der Waals surface area contributed by atoms with Gasteiger partial charge < -0.3 is 10.1 Å². The van der Waals surface area contributed by atoms with Crippen LogP contribution in [-0.2, 0) is 9.53 Å². The summed E-state index contributed by atoms with van der Waals surface area (Å²) in [5.41, 5.74) is 0. The first kappa shape index (κ1) is 9.81. The Morgan fingerprint density at radius 1 is 1.50 bits per heavy atom. The smallest absolute Gasteiger partial charge is 0.320 e. The van der Waals surface area contributed by atoms with Gasteiger partial charge in [-0.25, -0.2) is 0 Å². The highest BCUT2D eigenvalue weighted by molar-refractivity contribution is 6.26. The number of ether oxygens (including phenoxy) is 1. The molecule has 0 aromatic rings. The third-order valence-electron chi connectivity index (χ3n) is 2.05. The molecule has 0 bridgehead atoms. The molecule has 4 heteroatoms. The van der Waals surface area contributed by atoms with Gasteiger partial charge in [0, 0.05) is 0 Å². The van der Waals surface area contributed by atoms with E-state index in [1.807, 2.05) is 0 Å². The van der Waals surface area contributed by atoms with E-state index < -0.39 is 0 Å². The molecule has 0 aromatic carbocycles. The molecule has 0 spiro atoms. The maximum absolute atomic E-state index is 10.7. The number of nitrogens with one attached hydrogen (secondary N) is 1. The summed E-state index contributed by atoms with van der Waals surface area (Å²) in [4.78, 5) is 10.7. The van der Waals surface area contributed by atoms with Crippen molar-refractivity contribution in [3.63, 3.8) is 0 Å². The topological polar surface area (TPSA) is 38.3 Å². The molecule has 1 heterocycles. The number of rotatable bonds is 3. The number of carbonyl (C=O) groups is 1. The average molecular weight is 192 g/mol. The summed E-state index contributed by atoms with van der Waals surface area (Å²) >= 11 is 5.28.